The van der Waals surface area contributed by atoms with Crippen LogP contribution < -0.4 is 20.3 Å². The minimum Gasteiger partial charge on any atom is -0.492 e. The van der Waals surface area contributed by atoms with E-state index in [2.05, 4.69) is 36.5 Å². The molecule has 0 bridgehead atoms. The molecule has 4 saturated heterocycles. The first-order chi connectivity index (χ1) is 35.3. The van der Waals surface area contributed by atoms with Crippen LogP contribution in [0.1, 0.15) is 100.0 Å². The summed E-state index contributed by atoms with van der Waals surface area (Å²) in [5, 5.41) is 19.5. The van der Waals surface area contributed by atoms with Gasteiger partial charge in [0.05, 0.1) is 52.3 Å². The summed E-state index contributed by atoms with van der Waals surface area (Å²) in [6.07, 6.45) is 7.92. The maximum atomic E-state index is 14.9. The molecular formula is C53H55F2N11O7. The van der Waals surface area contributed by atoms with E-state index >= 15 is 0 Å². The summed E-state index contributed by atoms with van der Waals surface area (Å²) < 4.78 is 36.6. The molecule has 5 aliphatic heterocycles. The van der Waals surface area contributed by atoms with Crippen molar-refractivity contribution in [2.45, 2.75) is 69.4 Å². The molecule has 20 heteroatoms. The van der Waals surface area contributed by atoms with Crippen molar-refractivity contribution in [3.8, 4) is 22.9 Å². The number of hydrogen-bond donors (Lipinski definition) is 2. The van der Waals surface area contributed by atoms with Crippen molar-refractivity contribution < 1.29 is 42.3 Å². The van der Waals surface area contributed by atoms with Gasteiger partial charge in [0.25, 0.3) is 17.7 Å². The molecule has 10 rings (SSSR count). The first kappa shape index (κ1) is 49.0. The summed E-state index contributed by atoms with van der Waals surface area (Å²) in [5.41, 5.74) is 2.90. The average Bonchev–Trinajstić information content (AvgIpc) is 3.93. The van der Waals surface area contributed by atoms with Gasteiger partial charge in [-0.25, -0.2) is 18.3 Å². The Hall–Kier alpha value is -7.63. The van der Waals surface area contributed by atoms with Crippen molar-refractivity contribution in [3.63, 3.8) is 0 Å². The highest BCUT2D eigenvalue weighted by atomic mass is 19.1. The summed E-state index contributed by atoms with van der Waals surface area (Å²) >= 11 is 0. The molecule has 5 aromatic rings. The van der Waals surface area contributed by atoms with Gasteiger partial charge >= 0.3 is 0 Å². The predicted octanol–water partition coefficient (Wildman–Crippen LogP) is 4.53. The number of nitriles is 1. The van der Waals surface area contributed by atoms with Crippen LogP contribution in [0.15, 0.2) is 73.2 Å². The van der Waals surface area contributed by atoms with E-state index in [1.165, 1.54) is 6.20 Å². The van der Waals surface area contributed by atoms with Crippen LogP contribution in [0.5, 0.6) is 5.75 Å². The number of piperidine rings is 3. The largest absolute Gasteiger partial charge is 0.492 e. The number of carbonyl (C=O) groups is 6. The lowest BCUT2D eigenvalue weighted by molar-refractivity contribution is -0.136. The Kier molecular flexibility index (Phi) is 13.7. The molecule has 6 amide bonds. The highest BCUT2D eigenvalue weighted by Crippen LogP contribution is 2.36. The predicted molar refractivity (Wildman–Crippen MR) is 261 cm³/mol. The molecule has 73 heavy (non-hydrogen) atoms. The van der Waals surface area contributed by atoms with Crippen molar-refractivity contribution in [3.05, 3.63) is 113 Å². The fourth-order valence-electron chi connectivity index (χ4n) is 11.1. The van der Waals surface area contributed by atoms with Crippen molar-refractivity contribution in [2.75, 3.05) is 77.0 Å². The molecule has 5 aliphatic rings. The fourth-order valence-corrected chi connectivity index (χ4v) is 11.1. The van der Waals surface area contributed by atoms with Gasteiger partial charge in [0.2, 0.25) is 17.7 Å². The summed E-state index contributed by atoms with van der Waals surface area (Å²) in [5.74, 6) is -2.86. The SMILES string of the molecule is CCOc1cc(-c2ccc(N3CCC(CN4CCN(CCC(=O)N5CCC(c6ccc7c(c6)C(=O)N(C6CCC(=O)NC6=O)C7=O)CC5)CC4)(NC(=O)c4cc(F)ccc4F)CC3)nc2)c2c(C#N)cnn2c1. The third kappa shape index (κ3) is 9.98. The van der Waals surface area contributed by atoms with E-state index < -0.39 is 52.8 Å². The molecule has 8 heterocycles. The molecule has 1 atom stereocenters. The molecule has 3 aromatic heterocycles. The molecule has 0 saturated carbocycles. The maximum absolute atomic E-state index is 14.9. The second-order valence-electron chi connectivity index (χ2n) is 19.5. The number of nitrogens with one attached hydrogen (secondary N) is 2. The topological polar surface area (TPSA) is 206 Å². The number of benzene rings is 2. The fraction of sp³-hybridized carbons (Fsp3) is 0.415. The van der Waals surface area contributed by atoms with Crippen molar-refractivity contribution in [1.82, 2.24) is 44.8 Å². The van der Waals surface area contributed by atoms with E-state index in [-0.39, 0.29) is 41.4 Å². The lowest BCUT2D eigenvalue weighted by atomic mass is 9.86. The van der Waals surface area contributed by atoms with E-state index in [1.807, 2.05) is 36.1 Å². The van der Waals surface area contributed by atoms with Crippen LogP contribution in [0.4, 0.5) is 14.6 Å². The molecule has 2 N–H and O–H groups in total. The number of nitrogens with zero attached hydrogens (tertiary/aromatic N) is 9. The van der Waals surface area contributed by atoms with Gasteiger partial charge in [-0.05, 0) is 99.0 Å². The number of anilines is 1. The third-order valence-corrected chi connectivity index (χ3v) is 15.1. The van der Waals surface area contributed by atoms with Gasteiger partial charge in [-0.3, -0.25) is 43.9 Å². The standard InChI is InChI=1S/C53H55F2N11O7/c1-2-73-38-27-40(48-36(28-56)30-58-65(48)31-38)35-4-9-45(57-29-35)63-19-14-53(15-20-63,60-49(69)42-26-37(54)5-7-43(42)55)32-62-23-21-61(22-24-62)16-13-47(68)64-17-11-33(12-18-64)34-3-6-39-41(25-34)52(72)66(51(39)71)44-8-10-46(67)59-50(44)70/h3-7,9,25-27,29-31,33,44H,2,8,10-24,32H2,1H3,(H,60,69)(H,59,67,70). The highest BCUT2D eigenvalue weighted by Gasteiger charge is 2.45. The van der Waals surface area contributed by atoms with Crippen LogP contribution >= 0.6 is 0 Å². The summed E-state index contributed by atoms with van der Waals surface area (Å²) in [6.45, 7) is 8.37. The quantitative estimate of drug-likeness (QED) is 0.156. The molecule has 0 radical (unpaired) electrons. The van der Waals surface area contributed by atoms with Crippen LogP contribution in [0, 0.1) is 23.0 Å². The van der Waals surface area contributed by atoms with E-state index in [1.54, 1.807) is 29.0 Å². The Labute approximate surface area is 419 Å². The van der Waals surface area contributed by atoms with Crippen LogP contribution in [-0.2, 0) is 14.4 Å². The number of aromatic nitrogens is 3. The normalized spacial score (nSPS) is 19.8. The van der Waals surface area contributed by atoms with E-state index in [4.69, 9.17) is 9.72 Å². The zero-order chi connectivity index (χ0) is 51.0. The minimum absolute atomic E-state index is 0.0498. The second-order valence-corrected chi connectivity index (χ2v) is 19.5. The van der Waals surface area contributed by atoms with Crippen LogP contribution in [0.25, 0.3) is 16.6 Å². The van der Waals surface area contributed by atoms with Crippen molar-refractivity contribution in [1.29, 1.82) is 5.26 Å². The zero-order valence-corrected chi connectivity index (χ0v) is 40.4. The molecule has 4 fully saturated rings. The smallest absolute Gasteiger partial charge is 0.262 e. The van der Waals surface area contributed by atoms with Gasteiger partial charge in [-0.2, -0.15) is 10.4 Å². The van der Waals surface area contributed by atoms with Gasteiger partial charge in [-0.1, -0.05) is 6.07 Å². The number of hydrogen-bond acceptors (Lipinski definition) is 13. The number of rotatable bonds is 13. The lowest BCUT2D eigenvalue weighted by Gasteiger charge is -2.46. The molecular weight excluding hydrogens is 941 g/mol. The van der Waals surface area contributed by atoms with Gasteiger partial charge < -0.3 is 24.8 Å². The van der Waals surface area contributed by atoms with E-state index in [0.29, 0.717) is 121 Å². The monoisotopic (exact) mass is 995 g/mol. The summed E-state index contributed by atoms with van der Waals surface area (Å²) in [7, 11) is 0. The molecule has 2 aromatic carbocycles. The van der Waals surface area contributed by atoms with Crippen LogP contribution in [-0.4, -0.2) is 153 Å². The molecule has 0 spiro atoms. The van der Waals surface area contributed by atoms with E-state index in [9.17, 15) is 42.8 Å². The Morgan fingerprint density at radius 3 is 2.33 bits per heavy atom. The second kappa shape index (κ2) is 20.5. The molecule has 1 unspecified atom stereocenters. The third-order valence-electron chi connectivity index (χ3n) is 15.1. The van der Waals surface area contributed by atoms with Crippen molar-refractivity contribution in [2.24, 2.45) is 0 Å². The Bertz CT molecular complexity index is 3040. The van der Waals surface area contributed by atoms with Gasteiger partial charge in [0.1, 0.15) is 35.3 Å². The first-order valence-corrected chi connectivity index (χ1v) is 24.9. The number of amides is 6. The number of pyridine rings is 2. The lowest BCUT2D eigenvalue weighted by Crippen LogP contribution is -2.62. The van der Waals surface area contributed by atoms with Crippen LogP contribution in [0.3, 0.4) is 0 Å². The number of imide groups is 2. The summed E-state index contributed by atoms with van der Waals surface area (Å²) in [6, 6.07) is 15.0. The Balaban J connectivity index is 0.731. The number of halogens is 2. The number of likely N-dealkylation sites (tertiary alicyclic amines) is 1. The number of carbonyl (C=O) groups excluding carboxylic acids is 6. The van der Waals surface area contributed by atoms with Gasteiger partial charge in [-0.15, -0.1) is 0 Å². The highest BCUT2D eigenvalue weighted by molar-refractivity contribution is 6.23. The Morgan fingerprint density at radius 2 is 1.62 bits per heavy atom. The zero-order valence-electron chi connectivity index (χ0n) is 40.4. The van der Waals surface area contributed by atoms with Crippen LogP contribution in [0.2, 0.25) is 0 Å². The van der Waals surface area contributed by atoms with E-state index in [0.717, 1.165) is 45.6 Å². The first-order valence-electron chi connectivity index (χ1n) is 24.9. The number of piperazine rings is 1. The number of fused-ring (bicyclic) bond motifs is 2. The molecule has 378 valence electrons. The Morgan fingerprint density at radius 1 is 0.863 bits per heavy atom. The summed E-state index contributed by atoms with van der Waals surface area (Å²) in [4.78, 5) is 92.4. The number of ether oxygens (including phenoxy) is 1. The minimum atomic E-state index is -1.03. The molecule has 18 nitrogen and oxygen atoms in total. The average molecular weight is 996 g/mol. The van der Waals surface area contributed by atoms with Gasteiger partial charge in [0, 0.05) is 95.6 Å². The maximum Gasteiger partial charge on any atom is 0.262 e. The molecule has 0 aliphatic carbocycles. The van der Waals surface area contributed by atoms with Crippen molar-refractivity contribution >= 4 is 46.8 Å². The van der Waals surface area contributed by atoms with Gasteiger partial charge in [0.15, 0.2) is 0 Å².